The number of Topliss-reactive ketones (excluding diaryl/α,β-unsaturated/α-hetero) is 2. The number of carbonyl (C=O) groups excluding carboxylic acids is 3. The van der Waals surface area contributed by atoms with E-state index >= 15 is 0 Å². The van der Waals surface area contributed by atoms with Crippen molar-refractivity contribution >= 4 is 29.3 Å². The summed E-state index contributed by atoms with van der Waals surface area (Å²) in [7, 11) is 0. The second-order valence-electron chi connectivity index (χ2n) is 6.31. The lowest BCUT2D eigenvalue weighted by Gasteiger charge is -2.10. The molecule has 0 unspecified atom stereocenters. The molecule has 8 nitrogen and oxygen atoms in total. The number of hydrogen-bond acceptors (Lipinski definition) is 6. The first kappa shape index (κ1) is 20.8. The second kappa shape index (κ2) is 8.43. The van der Waals surface area contributed by atoms with Gasteiger partial charge in [0.05, 0.1) is 10.6 Å². The smallest absolute Gasteiger partial charge is 0.331 e. The zero-order valence-corrected chi connectivity index (χ0v) is 15.9. The van der Waals surface area contributed by atoms with Crippen LogP contribution in [0, 0.1) is 24.0 Å². The lowest BCUT2D eigenvalue weighted by Crippen LogP contribution is -2.24. The number of benzene rings is 1. The predicted molar refractivity (Wildman–Crippen MR) is 102 cm³/mol. The Hall–Kier alpha value is -3.55. The van der Waals surface area contributed by atoms with E-state index < -0.39 is 22.8 Å². The Morgan fingerprint density at radius 2 is 1.79 bits per heavy atom. The summed E-state index contributed by atoms with van der Waals surface area (Å²) in [5.41, 5.74) is 2.33. The first-order valence-corrected chi connectivity index (χ1v) is 8.49. The minimum absolute atomic E-state index is 0.0551. The molecule has 1 aromatic heterocycles. The molecule has 0 saturated heterocycles. The van der Waals surface area contributed by atoms with Crippen LogP contribution in [0.4, 0.5) is 5.69 Å². The van der Waals surface area contributed by atoms with Crippen molar-refractivity contribution in [3.8, 4) is 0 Å². The summed E-state index contributed by atoms with van der Waals surface area (Å²) in [5.74, 6) is -1.32. The van der Waals surface area contributed by atoms with Gasteiger partial charge in [0.15, 0.2) is 11.9 Å². The summed E-state index contributed by atoms with van der Waals surface area (Å²) in [6.45, 7) is 6.23. The van der Waals surface area contributed by atoms with Crippen LogP contribution in [0.15, 0.2) is 30.3 Å². The number of hydrogen-bond donors (Lipinski definition) is 1. The standard InChI is InChI=1S/C20H20N2O6/c1-11-18(13(3)23)12(2)21-19(11)20(25)14(4)28-17(24)10-7-15-5-8-16(9-6-15)22(26)27/h5-10,14,21H,1-4H3/b10-7+/t14-/m1/s1. The zero-order chi connectivity index (χ0) is 21.0. The molecule has 0 amide bonds. The fraction of sp³-hybridized carbons (Fsp3) is 0.250. The number of H-pyrrole nitrogens is 1. The molecule has 2 aromatic rings. The van der Waals surface area contributed by atoms with Crippen molar-refractivity contribution in [1.82, 2.24) is 4.98 Å². The minimum Gasteiger partial charge on any atom is -0.451 e. The molecule has 1 heterocycles. The molecule has 146 valence electrons. The third-order valence-corrected chi connectivity index (χ3v) is 4.21. The number of carbonyl (C=O) groups is 3. The van der Waals surface area contributed by atoms with E-state index in [4.69, 9.17) is 4.74 Å². The first-order chi connectivity index (χ1) is 13.1. The van der Waals surface area contributed by atoms with Gasteiger partial charge in [-0.3, -0.25) is 19.7 Å². The van der Waals surface area contributed by atoms with Crippen LogP contribution >= 0.6 is 0 Å². The highest BCUT2D eigenvalue weighted by Crippen LogP contribution is 2.20. The molecule has 0 aliphatic carbocycles. The number of ketones is 2. The molecule has 8 heteroatoms. The van der Waals surface area contributed by atoms with E-state index in [2.05, 4.69) is 4.98 Å². The fourth-order valence-electron chi connectivity index (χ4n) is 2.87. The maximum atomic E-state index is 12.6. The van der Waals surface area contributed by atoms with Crippen LogP contribution < -0.4 is 0 Å². The molecule has 2 rings (SSSR count). The molecule has 1 aromatic carbocycles. The molecule has 0 spiro atoms. The van der Waals surface area contributed by atoms with Gasteiger partial charge in [-0.05, 0) is 57.0 Å². The lowest BCUT2D eigenvalue weighted by atomic mass is 10.0. The number of non-ortho nitro benzene ring substituents is 1. The topological polar surface area (TPSA) is 119 Å². The molecule has 0 bridgehead atoms. The number of nitrogens with zero attached hydrogens (tertiary/aromatic N) is 1. The van der Waals surface area contributed by atoms with E-state index in [-0.39, 0.29) is 17.2 Å². The van der Waals surface area contributed by atoms with Gasteiger partial charge < -0.3 is 9.72 Å². The maximum Gasteiger partial charge on any atom is 0.331 e. The largest absolute Gasteiger partial charge is 0.451 e. The Labute approximate surface area is 161 Å². The van der Waals surface area contributed by atoms with Crippen LogP contribution in [-0.4, -0.2) is 33.5 Å². The van der Waals surface area contributed by atoms with Crippen molar-refractivity contribution in [2.24, 2.45) is 0 Å². The quantitative estimate of drug-likeness (QED) is 0.256. The van der Waals surface area contributed by atoms with E-state index in [1.165, 1.54) is 44.2 Å². The van der Waals surface area contributed by atoms with Crippen molar-refractivity contribution in [2.45, 2.75) is 33.8 Å². The van der Waals surface area contributed by atoms with Crippen molar-refractivity contribution in [1.29, 1.82) is 0 Å². The van der Waals surface area contributed by atoms with Gasteiger partial charge in [-0.25, -0.2) is 4.79 Å². The monoisotopic (exact) mass is 384 g/mol. The van der Waals surface area contributed by atoms with E-state index in [0.717, 1.165) is 6.08 Å². The highest BCUT2D eigenvalue weighted by molar-refractivity contribution is 6.05. The number of aromatic amines is 1. The third-order valence-electron chi connectivity index (χ3n) is 4.21. The molecular weight excluding hydrogens is 364 g/mol. The molecule has 1 N–H and O–H groups in total. The number of rotatable bonds is 7. The van der Waals surface area contributed by atoms with Gasteiger partial charge in [0.25, 0.3) is 5.69 Å². The lowest BCUT2D eigenvalue weighted by molar-refractivity contribution is -0.384. The summed E-state index contributed by atoms with van der Waals surface area (Å²) in [6, 6.07) is 5.62. The zero-order valence-electron chi connectivity index (χ0n) is 15.9. The average molecular weight is 384 g/mol. The van der Waals surface area contributed by atoms with Crippen LogP contribution in [0.1, 0.15) is 51.5 Å². The first-order valence-electron chi connectivity index (χ1n) is 8.49. The van der Waals surface area contributed by atoms with Gasteiger partial charge in [0.2, 0.25) is 5.78 Å². The highest BCUT2D eigenvalue weighted by atomic mass is 16.6. The Morgan fingerprint density at radius 1 is 1.18 bits per heavy atom. The van der Waals surface area contributed by atoms with E-state index in [0.29, 0.717) is 22.4 Å². The Kier molecular flexibility index (Phi) is 6.25. The highest BCUT2D eigenvalue weighted by Gasteiger charge is 2.25. The number of esters is 1. The van der Waals surface area contributed by atoms with Gasteiger partial charge in [0, 0.05) is 29.5 Å². The number of ether oxygens (including phenoxy) is 1. The summed E-state index contributed by atoms with van der Waals surface area (Å²) >= 11 is 0. The van der Waals surface area contributed by atoms with Gasteiger partial charge >= 0.3 is 5.97 Å². The van der Waals surface area contributed by atoms with Gasteiger partial charge in [-0.1, -0.05) is 0 Å². The second-order valence-corrected chi connectivity index (χ2v) is 6.31. The Morgan fingerprint density at radius 3 is 2.29 bits per heavy atom. The van der Waals surface area contributed by atoms with Crippen LogP contribution in [0.5, 0.6) is 0 Å². The summed E-state index contributed by atoms with van der Waals surface area (Å²) in [5, 5.41) is 10.6. The van der Waals surface area contributed by atoms with Crippen LogP contribution in [0.25, 0.3) is 6.08 Å². The minimum atomic E-state index is -1.05. The molecule has 0 aliphatic rings. The van der Waals surface area contributed by atoms with Gasteiger partial charge in [0.1, 0.15) is 0 Å². The normalized spacial score (nSPS) is 12.0. The van der Waals surface area contributed by atoms with Gasteiger partial charge in [-0.2, -0.15) is 0 Å². The van der Waals surface area contributed by atoms with Crippen molar-refractivity contribution in [3.63, 3.8) is 0 Å². The Bertz CT molecular complexity index is 969. The number of nitro groups is 1. The van der Waals surface area contributed by atoms with Crippen molar-refractivity contribution in [2.75, 3.05) is 0 Å². The molecule has 0 aliphatic heterocycles. The number of nitro benzene ring substituents is 1. The maximum absolute atomic E-state index is 12.6. The molecule has 0 saturated carbocycles. The van der Waals surface area contributed by atoms with E-state index in [9.17, 15) is 24.5 Å². The van der Waals surface area contributed by atoms with E-state index in [1.807, 2.05) is 0 Å². The number of aryl methyl sites for hydroxylation is 1. The molecule has 1 atom stereocenters. The molecule has 0 radical (unpaired) electrons. The SMILES string of the molecule is CC(=O)c1c(C)[nH]c(C(=O)[C@@H](C)OC(=O)/C=C/c2ccc([N+](=O)[O-])cc2)c1C. The van der Waals surface area contributed by atoms with Crippen molar-refractivity contribution < 1.29 is 24.0 Å². The molecule has 0 fully saturated rings. The number of aromatic nitrogens is 1. The van der Waals surface area contributed by atoms with Crippen LogP contribution in [0.3, 0.4) is 0 Å². The molecule has 28 heavy (non-hydrogen) atoms. The molecular formula is C20H20N2O6. The van der Waals surface area contributed by atoms with E-state index in [1.54, 1.807) is 13.8 Å². The predicted octanol–water partition coefficient (Wildman–Crippen LogP) is 3.57. The summed E-state index contributed by atoms with van der Waals surface area (Å²) in [4.78, 5) is 49.2. The summed E-state index contributed by atoms with van der Waals surface area (Å²) in [6.07, 6.45) is 1.52. The van der Waals surface area contributed by atoms with Gasteiger partial charge in [-0.15, -0.1) is 0 Å². The average Bonchev–Trinajstić information content (AvgIpc) is 2.93. The van der Waals surface area contributed by atoms with Crippen LogP contribution in [0.2, 0.25) is 0 Å². The third kappa shape index (κ3) is 4.59. The summed E-state index contributed by atoms with van der Waals surface area (Å²) < 4.78 is 5.13. The Balaban J connectivity index is 2.05. The van der Waals surface area contributed by atoms with Crippen LogP contribution in [-0.2, 0) is 9.53 Å². The fourth-order valence-corrected chi connectivity index (χ4v) is 2.87. The van der Waals surface area contributed by atoms with Crippen molar-refractivity contribution in [3.05, 3.63) is 68.5 Å². The number of nitrogens with one attached hydrogen (secondary N) is 1.